The summed E-state index contributed by atoms with van der Waals surface area (Å²) < 4.78 is 3.13. The number of hydrogen-bond donors (Lipinski definition) is 1. The second-order valence-corrected chi connectivity index (χ2v) is 8.52. The van der Waals surface area contributed by atoms with Gasteiger partial charge in [0.1, 0.15) is 23.5 Å². The first-order valence-corrected chi connectivity index (χ1v) is 11.2. The van der Waals surface area contributed by atoms with Crippen molar-refractivity contribution < 1.29 is 4.79 Å². The van der Waals surface area contributed by atoms with Crippen molar-refractivity contribution >= 4 is 38.8 Å². The van der Waals surface area contributed by atoms with Gasteiger partial charge in [0, 0.05) is 46.5 Å². The lowest BCUT2D eigenvalue weighted by Gasteiger charge is -2.11. The van der Waals surface area contributed by atoms with Gasteiger partial charge in [0.2, 0.25) is 5.91 Å². The number of aromatic nitrogens is 5. The summed E-state index contributed by atoms with van der Waals surface area (Å²) in [6.45, 7) is 0.172. The minimum absolute atomic E-state index is 0.109. The molecule has 0 aliphatic rings. The van der Waals surface area contributed by atoms with Crippen molar-refractivity contribution in [2.45, 2.75) is 13.1 Å². The number of rotatable bonds is 6. The Kier molecular flexibility index (Phi) is 5.14. The maximum atomic E-state index is 13.1. The first-order chi connectivity index (χ1) is 15.2. The van der Waals surface area contributed by atoms with Crippen LogP contribution in [0, 0.1) is 0 Å². The van der Waals surface area contributed by atoms with E-state index < -0.39 is 0 Å². The van der Waals surface area contributed by atoms with E-state index in [4.69, 9.17) is 0 Å². The Morgan fingerprint density at radius 1 is 1.10 bits per heavy atom. The molecule has 0 saturated carbocycles. The van der Waals surface area contributed by atoms with Crippen LogP contribution in [-0.4, -0.2) is 30.0 Å². The van der Waals surface area contributed by atoms with E-state index in [0.717, 1.165) is 16.0 Å². The molecule has 5 rings (SSSR count). The predicted molar refractivity (Wildman–Crippen MR) is 120 cm³/mol. The van der Waals surface area contributed by atoms with Crippen molar-refractivity contribution in [2.24, 2.45) is 0 Å². The molecule has 31 heavy (non-hydrogen) atoms. The van der Waals surface area contributed by atoms with E-state index in [1.54, 1.807) is 40.8 Å². The summed E-state index contributed by atoms with van der Waals surface area (Å²) >= 11 is 3.00. The van der Waals surface area contributed by atoms with E-state index in [1.807, 2.05) is 35.0 Å². The molecule has 0 saturated heterocycles. The van der Waals surface area contributed by atoms with E-state index in [-0.39, 0.29) is 24.6 Å². The van der Waals surface area contributed by atoms with Gasteiger partial charge in [-0.15, -0.1) is 22.7 Å². The molecule has 154 valence electrons. The Morgan fingerprint density at radius 2 is 2.03 bits per heavy atom. The average Bonchev–Trinajstić information content (AvgIpc) is 3.55. The zero-order valence-corrected chi connectivity index (χ0v) is 17.8. The molecule has 1 N–H and O–H groups in total. The van der Waals surface area contributed by atoms with E-state index >= 15 is 0 Å². The number of carbonyl (C=O) groups is 1. The van der Waals surface area contributed by atoms with Crippen LogP contribution < -0.4 is 10.9 Å². The van der Waals surface area contributed by atoms with E-state index in [1.165, 1.54) is 22.2 Å². The van der Waals surface area contributed by atoms with Crippen LogP contribution in [0.3, 0.4) is 0 Å². The van der Waals surface area contributed by atoms with Gasteiger partial charge in [0.05, 0.1) is 11.7 Å². The zero-order chi connectivity index (χ0) is 21.2. The first-order valence-electron chi connectivity index (χ1n) is 9.40. The Morgan fingerprint density at radius 3 is 2.84 bits per heavy atom. The monoisotopic (exact) mass is 448 g/mol. The molecule has 8 nitrogen and oxygen atoms in total. The highest BCUT2D eigenvalue weighted by Crippen LogP contribution is 2.33. The minimum Gasteiger partial charge on any atom is -0.350 e. The molecule has 0 spiro atoms. The third kappa shape index (κ3) is 3.78. The van der Waals surface area contributed by atoms with Gasteiger partial charge in [-0.25, -0.2) is 15.0 Å². The number of hydrogen-bond acceptors (Lipinski definition) is 7. The second kappa shape index (κ2) is 8.25. The lowest BCUT2D eigenvalue weighted by molar-refractivity contribution is -0.121. The van der Waals surface area contributed by atoms with Gasteiger partial charge in [-0.05, 0) is 17.5 Å². The minimum atomic E-state index is -0.281. The van der Waals surface area contributed by atoms with Gasteiger partial charge in [-0.3, -0.25) is 18.7 Å². The molecule has 0 bridgehead atoms. The maximum Gasteiger partial charge on any atom is 0.263 e. The van der Waals surface area contributed by atoms with Crippen LogP contribution in [0.4, 0.5) is 0 Å². The molecule has 0 radical (unpaired) electrons. The number of nitrogens with zero attached hydrogens (tertiary/aromatic N) is 5. The standard InChI is InChI=1S/C21H16N6O2S2/c28-17(24-9-14-3-1-5-23-19(14)26-7-6-22-12-26)10-27-13-25-20-18(21(27)29)15(11-31-20)16-4-2-8-30-16/h1-8,11-13H,9-10H2,(H,24,28). The normalized spacial score (nSPS) is 11.1. The fraction of sp³-hybridized carbons (Fsp3) is 0.0952. The highest BCUT2D eigenvalue weighted by molar-refractivity contribution is 7.18. The smallest absolute Gasteiger partial charge is 0.263 e. The van der Waals surface area contributed by atoms with Crippen LogP contribution in [0.5, 0.6) is 0 Å². The lowest BCUT2D eigenvalue weighted by atomic mass is 10.2. The van der Waals surface area contributed by atoms with Crippen LogP contribution in [0.15, 0.2) is 71.1 Å². The number of carbonyl (C=O) groups excluding carboxylic acids is 1. The number of amides is 1. The highest BCUT2D eigenvalue weighted by Gasteiger charge is 2.15. The molecule has 0 fully saturated rings. The zero-order valence-electron chi connectivity index (χ0n) is 16.1. The van der Waals surface area contributed by atoms with Crippen LogP contribution in [0.25, 0.3) is 26.5 Å². The van der Waals surface area contributed by atoms with Crippen molar-refractivity contribution in [2.75, 3.05) is 0 Å². The number of pyridine rings is 1. The Bertz CT molecular complexity index is 1400. The molecule has 10 heteroatoms. The van der Waals surface area contributed by atoms with Crippen molar-refractivity contribution in [3.63, 3.8) is 0 Å². The number of imidazole rings is 1. The summed E-state index contributed by atoms with van der Waals surface area (Å²) in [5.41, 5.74) is 1.49. The maximum absolute atomic E-state index is 13.1. The topological polar surface area (TPSA) is 94.7 Å². The Hall–Kier alpha value is -3.63. The largest absolute Gasteiger partial charge is 0.350 e. The quantitative estimate of drug-likeness (QED) is 0.431. The molecule has 5 heterocycles. The molecule has 0 aromatic carbocycles. The van der Waals surface area contributed by atoms with Crippen LogP contribution in [0.1, 0.15) is 5.56 Å². The van der Waals surface area contributed by atoms with Crippen molar-refractivity contribution in [1.82, 2.24) is 29.4 Å². The van der Waals surface area contributed by atoms with Gasteiger partial charge in [-0.1, -0.05) is 12.1 Å². The fourth-order valence-electron chi connectivity index (χ4n) is 3.28. The summed E-state index contributed by atoms with van der Waals surface area (Å²) in [6, 6.07) is 7.62. The molecular weight excluding hydrogens is 432 g/mol. The summed E-state index contributed by atoms with van der Waals surface area (Å²) in [6.07, 6.45) is 8.23. The molecule has 5 aromatic rings. The third-order valence-corrected chi connectivity index (χ3v) is 6.54. The van der Waals surface area contributed by atoms with Gasteiger partial charge in [-0.2, -0.15) is 0 Å². The predicted octanol–water partition coefficient (Wildman–Crippen LogP) is 3.08. The Labute approximate surface area is 184 Å². The molecular formula is C21H16N6O2S2. The molecule has 0 aliphatic heterocycles. The van der Waals surface area contributed by atoms with Crippen molar-refractivity contribution in [3.05, 3.63) is 82.2 Å². The first kappa shape index (κ1) is 19.3. The van der Waals surface area contributed by atoms with E-state index in [2.05, 4.69) is 20.3 Å². The number of fused-ring (bicyclic) bond motifs is 1. The second-order valence-electron chi connectivity index (χ2n) is 6.72. The van der Waals surface area contributed by atoms with Gasteiger partial charge in [0.15, 0.2) is 0 Å². The summed E-state index contributed by atoms with van der Waals surface area (Å²) in [5.74, 6) is 0.413. The van der Waals surface area contributed by atoms with Crippen LogP contribution in [0.2, 0.25) is 0 Å². The molecule has 0 aliphatic carbocycles. The SMILES string of the molecule is O=C(Cn1cnc2scc(-c3cccs3)c2c1=O)NCc1cccnc1-n1ccnc1. The van der Waals surface area contributed by atoms with E-state index in [9.17, 15) is 9.59 Å². The summed E-state index contributed by atoms with van der Waals surface area (Å²) in [4.78, 5) is 40.1. The lowest BCUT2D eigenvalue weighted by Crippen LogP contribution is -2.32. The third-order valence-electron chi connectivity index (χ3n) is 4.75. The van der Waals surface area contributed by atoms with Crippen LogP contribution >= 0.6 is 22.7 Å². The summed E-state index contributed by atoms with van der Waals surface area (Å²) in [5, 5.41) is 7.33. The van der Waals surface area contributed by atoms with Crippen molar-refractivity contribution in [3.8, 4) is 16.3 Å². The van der Waals surface area contributed by atoms with Gasteiger partial charge in [0.25, 0.3) is 5.56 Å². The molecule has 5 aromatic heterocycles. The van der Waals surface area contributed by atoms with Gasteiger partial charge >= 0.3 is 0 Å². The molecule has 1 amide bonds. The van der Waals surface area contributed by atoms with Crippen LogP contribution in [-0.2, 0) is 17.9 Å². The van der Waals surface area contributed by atoms with Gasteiger partial charge < -0.3 is 5.32 Å². The van der Waals surface area contributed by atoms with E-state index in [0.29, 0.717) is 16.0 Å². The fourth-order valence-corrected chi connectivity index (χ4v) is 5.00. The molecule has 0 atom stereocenters. The summed E-state index contributed by atoms with van der Waals surface area (Å²) in [7, 11) is 0. The number of nitrogens with one attached hydrogen (secondary N) is 1. The Balaban J connectivity index is 1.35. The average molecular weight is 449 g/mol. The molecule has 0 unspecified atom stereocenters. The number of thiophene rings is 2. The highest BCUT2D eigenvalue weighted by atomic mass is 32.1. The van der Waals surface area contributed by atoms with Crippen molar-refractivity contribution in [1.29, 1.82) is 0 Å².